The normalized spacial score (nSPS) is 13.1. The van der Waals surface area contributed by atoms with Crippen LogP contribution in [0, 0.1) is 6.42 Å². The maximum absolute atomic E-state index is 5.34. The van der Waals surface area contributed by atoms with Gasteiger partial charge < -0.3 is 11.2 Å². The van der Waals surface area contributed by atoms with Crippen molar-refractivity contribution in [2.24, 2.45) is 5.73 Å². The monoisotopic (exact) mass is 311 g/mol. The van der Waals surface area contributed by atoms with Crippen LogP contribution in [0.5, 0.6) is 0 Å². The van der Waals surface area contributed by atoms with Crippen molar-refractivity contribution in [1.29, 1.82) is 0 Å². The van der Waals surface area contributed by atoms with Gasteiger partial charge in [0.15, 0.2) is 0 Å². The summed E-state index contributed by atoms with van der Waals surface area (Å²) in [5.74, 6) is 0. The molecule has 1 aliphatic rings. The predicted molar refractivity (Wildman–Crippen MR) is 31.2 cm³/mol. The molecule has 0 saturated carbocycles. The Kier molecular flexibility index (Phi) is 7.92. The summed E-state index contributed by atoms with van der Waals surface area (Å²) in [6, 6.07) is 0. The van der Waals surface area contributed by atoms with E-state index in [0.717, 1.165) is 5.70 Å². The van der Waals surface area contributed by atoms with Gasteiger partial charge in [-0.05, 0) is 18.2 Å². The van der Waals surface area contributed by atoms with Crippen molar-refractivity contribution in [2.45, 2.75) is 0 Å². The Morgan fingerprint density at radius 3 is 2.22 bits per heavy atom. The standard InChI is InChI=1S/C6H6N.Hg.H2O/c7-6-4-2-1-3-5-6;;/h2-5H,7H2;;1H2/q;+1;/p-1. The van der Waals surface area contributed by atoms with Gasteiger partial charge in [-0.25, -0.2) is 0 Å². The van der Waals surface area contributed by atoms with E-state index in [1.165, 1.54) is 0 Å². The molecule has 0 atom stereocenters. The first-order valence-electron chi connectivity index (χ1n) is 2.11. The van der Waals surface area contributed by atoms with Gasteiger partial charge in [0.1, 0.15) is 0 Å². The molecule has 0 unspecified atom stereocenters. The molecule has 44 valence electrons. The maximum atomic E-state index is 5.34. The number of nitrogens with two attached hydrogens (primary N) is 1. The van der Waals surface area contributed by atoms with Gasteiger partial charge in [0.2, 0.25) is 0 Å². The van der Waals surface area contributed by atoms with E-state index < -0.39 is 0 Å². The van der Waals surface area contributed by atoms with Crippen molar-refractivity contribution in [3.63, 3.8) is 0 Å². The summed E-state index contributed by atoms with van der Waals surface area (Å²) in [6.07, 6.45) is 7.19. The number of allylic oxidation sites excluding steroid dienone is 2. The predicted octanol–water partition coefficient (Wildman–Crippen LogP) is 0.579. The molecule has 1 rings (SSSR count). The Balaban J connectivity index is 0. The second-order valence-corrected chi connectivity index (χ2v) is 1.33. The van der Waals surface area contributed by atoms with Gasteiger partial charge in [-0.2, -0.15) is 0 Å². The average molecular weight is 310 g/mol. The zero-order valence-corrected chi connectivity index (χ0v) is 10.5. The van der Waals surface area contributed by atoms with Gasteiger partial charge in [-0.15, -0.1) is 5.73 Å². The molecule has 0 spiro atoms. The van der Waals surface area contributed by atoms with Crippen LogP contribution in [-0.4, -0.2) is 5.48 Å². The second kappa shape index (κ2) is 6.08. The number of hydrogen-bond donors (Lipinski definition) is 1. The molecule has 3 N–H and O–H groups in total. The van der Waals surface area contributed by atoms with Gasteiger partial charge in [0.05, 0.1) is 0 Å². The molecule has 3 heteroatoms. The van der Waals surface area contributed by atoms with Crippen LogP contribution in [0.1, 0.15) is 0 Å². The van der Waals surface area contributed by atoms with E-state index in [1.54, 1.807) is 24.6 Å². The number of rotatable bonds is 0. The van der Waals surface area contributed by atoms with Gasteiger partial charge in [-0.3, -0.25) is 0 Å². The van der Waals surface area contributed by atoms with E-state index in [1.807, 2.05) is 0 Å². The van der Waals surface area contributed by atoms with Crippen molar-refractivity contribution in [2.75, 3.05) is 0 Å². The molecule has 0 aromatic rings. The SMILES string of the molecule is NC1=CC=C=C[CH]1.[Hg+].[OH-]. The summed E-state index contributed by atoms with van der Waals surface area (Å²) in [7, 11) is 0. The summed E-state index contributed by atoms with van der Waals surface area (Å²) in [5.41, 5.74) is 8.98. The van der Waals surface area contributed by atoms with Crippen molar-refractivity contribution in [3.05, 3.63) is 36.1 Å². The third-order valence-electron chi connectivity index (χ3n) is 0.744. The van der Waals surface area contributed by atoms with E-state index in [9.17, 15) is 0 Å². The molecule has 9 heavy (non-hydrogen) atoms. The molecular formula is C6H7HgNO. The van der Waals surface area contributed by atoms with Crippen molar-refractivity contribution in [1.82, 2.24) is 0 Å². The van der Waals surface area contributed by atoms with Crippen LogP contribution in [0.3, 0.4) is 0 Å². The van der Waals surface area contributed by atoms with E-state index in [-0.39, 0.29) is 33.1 Å². The first kappa shape index (κ1) is 11.7. The van der Waals surface area contributed by atoms with Crippen molar-refractivity contribution in [3.8, 4) is 0 Å². The maximum Gasteiger partial charge on any atom is 1.00 e. The van der Waals surface area contributed by atoms with Crippen LogP contribution in [-0.2, 0) is 27.7 Å². The summed E-state index contributed by atoms with van der Waals surface area (Å²) < 4.78 is 0. The largest absolute Gasteiger partial charge is 1.00 e. The Hall–Kier alpha value is -0.0449. The Bertz CT molecular complexity index is 156. The third kappa shape index (κ3) is 4.46. The Morgan fingerprint density at radius 1 is 1.33 bits per heavy atom. The molecule has 0 saturated heterocycles. The fraction of sp³-hybridized carbons (Fsp3) is 0. The molecule has 0 aromatic heterocycles. The molecule has 0 heterocycles. The number of hydrogen-bond acceptors (Lipinski definition) is 2. The zero-order chi connectivity index (χ0) is 5.11. The summed E-state index contributed by atoms with van der Waals surface area (Å²) in [6.45, 7) is 0. The molecule has 0 aliphatic heterocycles. The van der Waals surface area contributed by atoms with E-state index in [0.29, 0.717) is 0 Å². The van der Waals surface area contributed by atoms with Crippen LogP contribution >= 0.6 is 0 Å². The van der Waals surface area contributed by atoms with E-state index in [4.69, 9.17) is 5.73 Å². The molecule has 0 bridgehead atoms. The van der Waals surface area contributed by atoms with Crippen LogP contribution in [0.25, 0.3) is 0 Å². The summed E-state index contributed by atoms with van der Waals surface area (Å²) >= 11 is 0. The molecule has 1 aliphatic carbocycles. The quantitative estimate of drug-likeness (QED) is 0.526. The first-order chi connectivity index (χ1) is 3.39. The zero-order valence-electron chi connectivity index (χ0n) is 5.04. The van der Waals surface area contributed by atoms with Crippen LogP contribution in [0.2, 0.25) is 0 Å². The van der Waals surface area contributed by atoms with E-state index >= 15 is 0 Å². The minimum atomic E-state index is 0. The smallest absolute Gasteiger partial charge is 0.870 e. The molecule has 0 aromatic carbocycles. The third-order valence-corrected chi connectivity index (χ3v) is 0.744. The minimum Gasteiger partial charge on any atom is -0.870 e. The molecule has 0 fully saturated rings. The van der Waals surface area contributed by atoms with Gasteiger partial charge in [0.25, 0.3) is 0 Å². The summed E-state index contributed by atoms with van der Waals surface area (Å²) in [5, 5.41) is 0. The van der Waals surface area contributed by atoms with Gasteiger partial charge in [-0.1, -0.05) is 0 Å². The Labute approximate surface area is 74.9 Å². The fourth-order valence-electron chi connectivity index (χ4n) is 0.400. The van der Waals surface area contributed by atoms with Crippen molar-refractivity contribution >= 4 is 0 Å². The molecule has 2 radical (unpaired) electrons. The van der Waals surface area contributed by atoms with Crippen LogP contribution in [0.15, 0.2) is 29.7 Å². The topological polar surface area (TPSA) is 56.0 Å². The van der Waals surface area contributed by atoms with Gasteiger partial charge >= 0.3 is 27.7 Å². The summed E-state index contributed by atoms with van der Waals surface area (Å²) in [4.78, 5) is 0. The second-order valence-electron chi connectivity index (χ2n) is 1.33. The van der Waals surface area contributed by atoms with Gasteiger partial charge in [0, 0.05) is 12.1 Å². The van der Waals surface area contributed by atoms with Crippen molar-refractivity contribution < 1.29 is 33.1 Å². The van der Waals surface area contributed by atoms with E-state index in [2.05, 4.69) is 5.73 Å². The minimum absolute atomic E-state index is 0. The molecule has 2 nitrogen and oxygen atoms in total. The van der Waals surface area contributed by atoms with Crippen LogP contribution < -0.4 is 5.73 Å². The fourth-order valence-corrected chi connectivity index (χ4v) is 0.400. The molecular weight excluding hydrogens is 303 g/mol. The van der Waals surface area contributed by atoms with Crippen LogP contribution in [0.4, 0.5) is 0 Å². The average Bonchev–Trinajstić information content (AvgIpc) is 1.69. The Morgan fingerprint density at radius 2 is 2.00 bits per heavy atom. The first-order valence-corrected chi connectivity index (χ1v) is 2.11. The molecule has 0 amide bonds.